The van der Waals surface area contributed by atoms with Crippen molar-refractivity contribution in [1.29, 1.82) is 0 Å². The van der Waals surface area contributed by atoms with Crippen LogP contribution in [0.15, 0.2) is 23.2 Å². The average Bonchev–Trinajstić information content (AvgIpc) is 3.24. The first-order chi connectivity index (χ1) is 11.8. The zero-order valence-electron chi connectivity index (χ0n) is 13.7. The quantitative estimate of drug-likeness (QED) is 0.672. The molecule has 126 valence electrons. The van der Waals surface area contributed by atoms with Crippen molar-refractivity contribution in [2.24, 2.45) is 0 Å². The van der Waals surface area contributed by atoms with Gasteiger partial charge in [0.05, 0.1) is 12.4 Å². The minimum absolute atomic E-state index is 0.703. The lowest BCUT2D eigenvalue weighted by molar-refractivity contribution is 0.250. The molecule has 1 saturated heterocycles. The van der Waals surface area contributed by atoms with Crippen LogP contribution >= 0.6 is 0 Å². The standard InChI is InChI=1S/C15H20N8O/c1-12-19-14(24-20-12)3-2-4-21-5-7-22(8-6-21)15-10-16-9-13-17-11-18-23(13)15/h9-11H,2-8H2,1H3. The van der Waals surface area contributed by atoms with E-state index in [-0.39, 0.29) is 0 Å². The van der Waals surface area contributed by atoms with Crippen molar-refractivity contribution in [2.45, 2.75) is 19.8 Å². The van der Waals surface area contributed by atoms with Gasteiger partial charge in [0.1, 0.15) is 6.33 Å². The Morgan fingerprint density at radius 3 is 2.83 bits per heavy atom. The topological polar surface area (TPSA) is 88.5 Å². The maximum Gasteiger partial charge on any atom is 0.226 e. The fourth-order valence-electron chi connectivity index (χ4n) is 3.05. The Bertz CT molecular complexity index is 805. The third-order valence-electron chi connectivity index (χ3n) is 4.30. The molecule has 0 saturated carbocycles. The maximum absolute atomic E-state index is 5.15. The van der Waals surface area contributed by atoms with Gasteiger partial charge in [-0.2, -0.15) is 14.6 Å². The third-order valence-corrected chi connectivity index (χ3v) is 4.30. The lowest BCUT2D eigenvalue weighted by atomic mass is 10.2. The van der Waals surface area contributed by atoms with E-state index in [2.05, 4.69) is 35.0 Å². The predicted molar refractivity (Wildman–Crippen MR) is 86.8 cm³/mol. The van der Waals surface area contributed by atoms with Gasteiger partial charge < -0.3 is 9.42 Å². The molecular formula is C15H20N8O. The first-order valence-electron chi connectivity index (χ1n) is 8.20. The zero-order valence-corrected chi connectivity index (χ0v) is 13.7. The van der Waals surface area contributed by atoms with E-state index in [4.69, 9.17) is 4.52 Å². The number of hydrogen-bond acceptors (Lipinski definition) is 8. The zero-order chi connectivity index (χ0) is 16.4. The van der Waals surface area contributed by atoms with Crippen LogP contribution in [0.3, 0.4) is 0 Å². The van der Waals surface area contributed by atoms with Gasteiger partial charge >= 0.3 is 0 Å². The highest BCUT2D eigenvalue weighted by atomic mass is 16.5. The van der Waals surface area contributed by atoms with Crippen LogP contribution < -0.4 is 4.90 Å². The number of rotatable bonds is 5. The highest BCUT2D eigenvalue weighted by molar-refractivity contribution is 5.46. The molecule has 4 rings (SSSR count). The molecule has 9 heteroatoms. The van der Waals surface area contributed by atoms with E-state index in [9.17, 15) is 0 Å². The first kappa shape index (κ1) is 15.0. The molecule has 1 aliphatic heterocycles. The van der Waals surface area contributed by atoms with E-state index in [1.807, 2.05) is 17.6 Å². The van der Waals surface area contributed by atoms with E-state index in [1.165, 1.54) is 0 Å². The summed E-state index contributed by atoms with van der Waals surface area (Å²) in [4.78, 5) is 17.5. The number of piperazine rings is 1. The molecule has 0 spiro atoms. The molecule has 0 N–H and O–H groups in total. The van der Waals surface area contributed by atoms with Crippen LogP contribution in [0.4, 0.5) is 5.82 Å². The Labute approximate surface area is 139 Å². The molecule has 3 aromatic heterocycles. The monoisotopic (exact) mass is 328 g/mol. The van der Waals surface area contributed by atoms with Crippen molar-refractivity contribution < 1.29 is 4.52 Å². The molecule has 24 heavy (non-hydrogen) atoms. The number of anilines is 1. The van der Waals surface area contributed by atoms with Gasteiger partial charge in [-0.05, 0) is 19.9 Å². The molecule has 1 aliphatic rings. The van der Waals surface area contributed by atoms with Gasteiger partial charge in [-0.15, -0.1) is 0 Å². The van der Waals surface area contributed by atoms with Gasteiger partial charge in [0.15, 0.2) is 17.3 Å². The number of fused-ring (bicyclic) bond motifs is 1. The smallest absolute Gasteiger partial charge is 0.226 e. The van der Waals surface area contributed by atoms with Crippen molar-refractivity contribution in [1.82, 2.24) is 34.6 Å². The van der Waals surface area contributed by atoms with Gasteiger partial charge in [-0.25, -0.2) is 4.98 Å². The summed E-state index contributed by atoms with van der Waals surface area (Å²) >= 11 is 0. The second-order valence-electron chi connectivity index (χ2n) is 5.96. The predicted octanol–water partition coefficient (Wildman–Crippen LogP) is 0.571. The van der Waals surface area contributed by atoms with Crippen LogP contribution in [0.1, 0.15) is 18.1 Å². The Hall–Kier alpha value is -2.55. The largest absolute Gasteiger partial charge is 0.353 e. The van der Waals surface area contributed by atoms with Gasteiger partial charge in [0, 0.05) is 32.6 Å². The lowest BCUT2D eigenvalue weighted by Gasteiger charge is -2.35. The number of hydrogen-bond donors (Lipinski definition) is 0. The van der Waals surface area contributed by atoms with E-state index < -0.39 is 0 Å². The molecule has 4 heterocycles. The van der Waals surface area contributed by atoms with Crippen molar-refractivity contribution in [3.05, 3.63) is 30.4 Å². The normalized spacial score (nSPS) is 16.1. The summed E-state index contributed by atoms with van der Waals surface area (Å²) < 4.78 is 7.00. The number of nitrogens with zero attached hydrogens (tertiary/aromatic N) is 8. The van der Waals surface area contributed by atoms with E-state index in [0.29, 0.717) is 5.82 Å². The first-order valence-corrected chi connectivity index (χ1v) is 8.20. The molecule has 0 bridgehead atoms. The Morgan fingerprint density at radius 1 is 1.17 bits per heavy atom. The fraction of sp³-hybridized carbons (Fsp3) is 0.533. The van der Waals surface area contributed by atoms with Gasteiger partial charge in [0.25, 0.3) is 0 Å². The summed E-state index contributed by atoms with van der Waals surface area (Å²) in [5, 5.41) is 8.11. The molecule has 0 amide bonds. The second-order valence-corrected chi connectivity index (χ2v) is 5.96. The van der Waals surface area contributed by atoms with Gasteiger partial charge in [0.2, 0.25) is 5.89 Å². The van der Waals surface area contributed by atoms with E-state index >= 15 is 0 Å². The van der Waals surface area contributed by atoms with Crippen LogP contribution in [0, 0.1) is 6.92 Å². The summed E-state index contributed by atoms with van der Waals surface area (Å²) in [6, 6.07) is 0. The van der Waals surface area contributed by atoms with Gasteiger partial charge in [-0.3, -0.25) is 9.88 Å². The molecule has 9 nitrogen and oxygen atoms in total. The molecule has 0 atom stereocenters. The summed E-state index contributed by atoms with van der Waals surface area (Å²) in [5.41, 5.74) is 0.782. The lowest BCUT2D eigenvalue weighted by Crippen LogP contribution is -2.47. The molecule has 1 fully saturated rings. The summed E-state index contributed by atoms with van der Waals surface area (Å²) in [7, 11) is 0. The van der Waals surface area contributed by atoms with E-state index in [1.54, 1.807) is 12.5 Å². The minimum Gasteiger partial charge on any atom is -0.353 e. The highest BCUT2D eigenvalue weighted by Crippen LogP contribution is 2.16. The SMILES string of the molecule is Cc1noc(CCCN2CCN(c3cncc4ncnn34)CC2)n1. The summed E-state index contributed by atoms with van der Waals surface area (Å²) in [6.45, 7) is 6.85. The molecular weight excluding hydrogens is 308 g/mol. The third kappa shape index (κ3) is 3.07. The molecule has 0 unspecified atom stereocenters. The van der Waals surface area contributed by atoms with Crippen LogP contribution in [-0.2, 0) is 6.42 Å². The van der Waals surface area contributed by atoms with Crippen LogP contribution in [0.2, 0.25) is 0 Å². The minimum atomic E-state index is 0.703. The fourth-order valence-corrected chi connectivity index (χ4v) is 3.05. The van der Waals surface area contributed by atoms with Crippen molar-refractivity contribution in [3.63, 3.8) is 0 Å². The average molecular weight is 328 g/mol. The molecule has 0 aromatic carbocycles. The van der Waals surface area contributed by atoms with Crippen LogP contribution in [0.5, 0.6) is 0 Å². The highest BCUT2D eigenvalue weighted by Gasteiger charge is 2.19. The summed E-state index contributed by atoms with van der Waals surface area (Å²) in [5.74, 6) is 2.44. The van der Waals surface area contributed by atoms with Gasteiger partial charge in [-0.1, -0.05) is 5.16 Å². The molecule has 3 aromatic rings. The Kier molecular flexibility index (Phi) is 4.08. The second kappa shape index (κ2) is 6.52. The van der Waals surface area contributed by atoms with Crippen molar-refractivity contribution in [2.75, 3.05) is 37.6 Å². The number of aryl methyl sites for hydroxylation is 2. The Morgan fingerprint density at radius 2 is 2.04 bits per heavy atom. The maximum atomic E-state index is 5.15. The van der Waals surface area contributed by atoms with Crippen molar-refractivity contribution in [3.8, 4) is 0 Å². The van der Waals surface area contributed by atoms with E-state index in [0.717, 1.165) is 62.9 Å². The van der Waals surface area contributed by atoms with Crippen LogP contribution in [-0.4, -0.2) is 67.3 Å². The number of aromatic nitrogens is 6. The van der Waals surface area contributed by atoms with Crippen molar-refractivity contribution >= 4 is 11.5 Å². The summed E-state index contributed by atoms with van der Waals surface area (Å²) in [6.07, 6.45) is 7.02. The van der Waals surface area contributed by atoms with Crippen LogP contribution in [0.25, 0.3) is 5.65 Å². The molecule has 0 radical (unpaired) electrons. The Balaban J connectivity index is 1.29. The molecule has 0 aliphatic carbocycles.